The number of rotatable bonds is 5. The number of hydrogen-bond acceptors (Lipinski definition) is 6. The lowest BCUT2D eigenvalue weighted by molar-refractivity contribution is -0.129. The summed E-state index contributed by atoms with van der Waals surface area (Å²) in [5.41, 5.74) is 0.0895. The number of nitrogens with one attached hydrogen (secondary N) is 2. The lowest BCUT2D eigenvalue weighted by atomic mass is 9.90. The number of amides is 2. The molecule has 9 nitrogen and oxygen atoms in total. The average Bonchev–Trinajstić information content (AvgIpc) is 2.79. The van der Waals surface area contributed by atoms with E-state index in [9.17, 15) is 18.0 Å². The van der Waals surface area contributed by atoms with Crippen LogP contribution in [0.1, 0.15) is 18.4 Å². The van der Waals surface area contributed by atoms with Crippen molar-refractivity contribution in [2.75, 3.05) is 39.7 Å². The van der Waals surface area contributed by atoms with Crippen LogP contribution in [0, 0.1) is 0 Å². The van der Waals surface area contributed by atoms with Crippen LogP contribution in [-0.2, 0) is 30.8 Å². The van der Waals surface area contributed by atoms with Gasteiger partial charge in [-0.25, -0.2) is 8.42 Å². The maximum atomic E-state index is 12.8. The monoisotopic (exact) mass is 425 g/mol. The molecule has 0 aromatic heterocycles. The standard InChI is InChI=1S/C19H27N3O6S/c1-27-15-5-3-14(4-6-15)11-17(23)20-16-12-22(29(2,25)26)13-19(21-18(16)24)7-9-28-10-8-19/h3-6,16H,7-13H2,1-2H3,(H,20,23)(H,21,24). The van der Waals surface area contributed by atoms with Crippen molar-refractivity contribution in [1.82, 2.24) is 14.9 Å². The predicted molar refractivity (Wildman–Crippen MR) is 106 cm³/mol. The van der Waals surface area contributed by atoms with Gasteiger partial charge in [-0.2, -0.15) is 4.31 Å². The maximum Gasteiger partial charge on any atom is 0.244 e. The molecule has 2 amide bonds. The number of hydrogen-bond donors (Lipinski definition) is 2. The van der Waals surface area contributed by atoms with Gasteiger partial charge in [0, 0.05) is 26.3 Å². The number of nitrogens with zero attached hydrogens (tertiary/aromatic N) is 1. The molecule has 2 aliphatic heterocycles. The van der Waals surface area contributed by atoms with Crippen LogP contribution < -0.4 is 15.4 Å². The van der Waals surface area contributed by atoms with E-state index in [0.29, 0.717) is 31.8 Å². The summed E-state index contributed by atoms with van der Waals surface area (Å²) in [5.74, 6) is -0.0457. The molecule has 1 spiro atoms. The molecule has 1 atom stereocenters. The average molecular weight is 426 g/mol. The van der Waals surface area contributed by atoms with Crippen molar-refractivity contribution < 1.29 is 27.5 Å². The van der Waals surface area contributed by atoms with Crippen molar-refractivity contribution >= 4 is 21.8 Å². The third-order valence-electron chi connectivity index (χ3n) is 5.35. The molecule has 160 valence electrons. The molecule has 2 saturated heterocycles. The number of ether oxygens (including phenoxy) is 2. The highest BCUT2D eigenvalue weighted by atomic mass is 32.2. The Labute approximate surface area is 170 Å². The van der Waals surface area contributed by atoms with Crippen LogP contribution in [0.4, 0.5) is 0 Å². The van der Waals surface area contributed by atoms with Crippen molar-refractivity contribution in [2.45, 2.75) is 30.8 Å². The Morgan fingerprint density at radius 2 is 1.97 bits per heavy atom. The van der Waals surface area contributed by atoms with Gasteiger partial charge in [0.05, 0.1) is 25.3 Å². The van der Waals surface area contributed by atoms with E-state index in [-0.39, 0.29) is 31.3 Å². The van der Waals surface area contributed by atoms with Crippen LogP contribution in [0.25, 0.3) is 0 Å². The Morgan fingerprint density at radius 1 is 1.31 bits per heavy atom. The summed E-state index contributed by atoms with van der Waals surface area (Å²) in [6, 6.07) is 6.08. The van der Waals surface area contributed by atoms with Crippen molar-refractivity contribution in [3.05, 3.63) is 29.8 Å². The Hall–Kier alpha value is -2.17. The fourth-order valence-electron chi connectivity index (χ4n) is 3.66. The van der Waals surface area contributed by atoms with E-state index in [1.165, 1.54) is 4.31 Å². The first-order chi connectivity index (χ1) is 13.7. The van der Waals surface area contributed by atoms with Crippen LogP contribution in [0.5, 0.6) is 5.75 Å². The highest BCUT2D eigenvalue weighted by Crippen LogP contribution is 2.25. The van der Waals surface area contributed by atoms with Crippen molar-refractivity contribution in [3.8, 4) is 5.75 Å². The minimum Gasteiger partial charge on any atom is -0.497 e. The Bertz CT molecular complexity index is 849. The number of carbonyl (C=O) groups is 2. The molecule has 3 rings (SSSR count). The van der Waals surface area contributed by atoms with Gasteiger partial charge in [0.25, 0.3) is 0 Å². The molecular formula is C19H27N3O6S. The highest BCUT2D eigenvalue weighted by Gasteiger charge is 2.43. The molecule has 1 aromatic rings. The number of sulfonamides is 1. The molecule has 2 aliphatic rings. The fraction of sp³-hybridized carbons (Fsp3) is 0.579. The van der Waals surface area contributed by atoms with E-state index in [4.69, 9.17) is 9.47 Å². The van der Waals surface area contributed by atoms with Crippen molar-refractivity contribution in [3.63, 3.8) is 0 Å². The zero-order valence-electron chi connectivity index (χ0n) is 16.6. The molecular weight excluding hydrogens is 398 g/mol. The number of benzene rings is 1. The third-order valence-corrected chi connectivity index (χ3v) is 6.56. The Balaban J connectivity index is 1.73. The van der Waals surface area contributed by atoms with Gasteiger partial charge >= 0.3 is 0 Å². The lowest BCUT2D eigenvalue weighted by Crippen LogP contribution is -2.58. The second-order valence-corrected chi connectivity index (χ2v) is 9.56. The minimum absolute atomic E-state index is 0.0750. The van der Waals surface area contributed by atoms with Gasteiger partial charge in [0.15, 0.2) is 0 Å². The number of methoxy groups -OCH3 is 1. The quantitative estimate of drug-likeness (QED) is 0.667. The summed E-state index contributed by atoms with van der Waals surface area (Å²) in [4.78, 5) is 25.3. The summed E-state index contributed by atoms with van der Waals surface area (Å²) in [7, 11) is -1.99. The van der Waals surface area contributed by atoms with E-state index >= 15 is 0 Å². The van der Waals surface area contributed by atoms with E-state index in [0.717, 1.165) is 11.8 Å². The van der Waals surface area contributed by atoms with Crippen LogP contribution in [0.15, 0.2) is 24.3 Å². The van der Waals surface area contributed by atoms with Gasteiger partial charge in [-0.3, -0.25) is 9.59 Å². The van der Waals surface area contributed by atoms with Crippen LogP contribution in [0.2, 0.25) is 0 Å². The van der Waals surface area contributed by atoms with E-state index in [1.807, 2.05) is 0 Å². The molecule has 0 aliphatic carbocycles. The topological polar surface area (TPSA) is 114 Å². The SMILES string of the molecule is COc1ccc(CC(=O)NC2CN(S(C)(=O)=O)CC3(CCOCC3)NC2=O)cc1. The summed E-state index contributed by atoms with van der Waals surface area (Å²) in [5, 5.41) is 5.66. The minimum atomic E-state index is -3.55. The third kappa shape index (κ3) is 5.46. The maximum absolute atomic E-state index is 12.8. The molecule has 29 heavy (non-hydrogen) atoms. The molecule has 1 aromatic carbocycles. The van der Waals surface area contributed by atoms with Crippen LogP contribution >= 0.6 is 0 Å². The Morgan fingerprint density at radius 3 is 2.55 bits per heavy atom. The largest absolute Gasteiger partial charge is 0.497 e. The van der Waals surface area contributed by atoms with Gasteiger partial charge in [0.1, 0.15) is 11.8 Å². The molecule has 2 N–H and O–H groups in total. The molecule has 1 unspecified atom stereocenters. The number of carbonyl (C=O) groups excluding carboxylic acids is 2. The zero-order chi connectivity index (χ0) is 21.1. The summed E-state index contributed by atoms with van der Waals surface area (Å²) < 4.78 is 36.3. The van der Waals surface area contributed by atoms with Crippen molar-refractivity contribution in [1.29, 1.82) is 0 Å². The highest BCUT2D eigenvalue weighted by molar-refractivity contribution is 7.88. The normalized spacial score (nSPS) is 22.6. The summed E-state index contributed by atoms with van der Waals surface area (Å²) in [6.07, 6.45) is 2.24. The molecule has 10 heteroatoms. The first kappa shape index (κ1) is 21.5. The van der Waals surface area contributed by atoms with Gasteiger partial charge in [0.2, 0.25) is 21.8 Å². The zero-order valence-corrected chi connectivity index (χ0v) is 17.5. The molecule has 0 radical (unpaired) electrons. The van der Waals surface area contributed by atoms with Gasteiger partial charge in [-0.15, -0.1) is 0 Å². The molecule has 0 bridgehead atoms. The fourth-order valence-corrected chi connectivity index (χ4v) is 4.56. The van der Waals surface area contributed by atoms with Crippen molar-refractivity contribution in [2.24, 2.45) is 0 Å². The second-order valence-electron chi connectivity index (χ2n) is 7.58. The lowest BCUT2D eigenvalue weighted by Gasteiger charge is -2.38. The summed E-state index contributed by atoms with van der Waals surface area (Å²) in [6.45, 7) is 0.978. The first-order valence-corrected chi connectivity index (χ1v) is 11.3. The first-order valence-electron chi connectivity index (χ1n) is 9.48. The second kappa shape index (κ2) is 8.68. The van der Waals surface area contributed by atoms with Crippen LogP contribution in [-0.4, -0.2) is 75.8 Å². The molecule has 2 fully saturated rings. The Kier molecular flexibility index (Phi) is 6.45. The smallest absolute Gasteiger partial charge is 0.244 e. The molecule has 2 heterocycles. The molecule has 0 saturated carbocycles. The predicted octanol–water partition coefficient (Wildman–Crippen LogP) is -0.337. The van der Waals surface area contributed by atoms with Gasteiger partial charge in [-0.1, -0.05) is 12.1 Å². The van der Waals surface area contributed by atoms with E-state index in [1.54, 1.807) is 31.4 Å². The van der Waals surface area contributed by atoms with Crippen LogP contribution in [0.3, 0.4) is 0 Å². The van der Waals surface area contributed by atoms with Gasteiger partial charge in [-0.05, 0) is 30.5 Å². The summed E-state index contributed by atoms with van der Waals surface area (Å²) >= 11 is 0. The van der Waals surface area contributed by atoms with E-state index < -0.39 is 21.6 Å². The van der Waals surface area contributed by atoms with E-state index in [2.05, 4.69) is 10.6 Å². The van der Waals surface area contributed by atoms with Gasteiger partial charge < -0.3 is 20.1 Å².